The third-order valence-corrected chi connectivity index (χ3v) is 4.49. The Morgan fingerprint density at radius 1 is 1.24 bits per heavy atom. The molecule has 112 valence electrons. The summed E-state index contributed by atoms with van der Waals surface area (Å²) >= 11 is 0. The number of amides is 2. The first kappa shape index (κ1) is 14.1. The van der Waals surface area contributed by atoms with Crippen molar-refractivity contribution in [3.8, 4) is 0 Å². The second-order valence-electron chi connectivity index (χ2n) is 6.00. The smallest absolute Gasteiger partial charge is 0.243 e. The summed E-state index contributed by atoms with van der Waals surface area (Å²) in [5.74, 6) is 0.00570. The van der Waals surface area contributed by atoms with Crippen molar-refractivity contribution < 1.29 is 9.59 Å². The molecule has 1 saturated heterocycles. The van der Waals surface area contributed by atoms with E-state index in [0.717, 1.165) is 24.8 Å². The molecule has 21 heavy (non-hydrogen) atoms. The van der Waals surface area contributed by atoms with Gasteiger partial charge in [-0.05, 0) is 42.4 Å². The molecule has 1 atom stereocenters. The van der Waals surface area contributed by atoms with Crippen molar-refractivity contribution >= 4 is 11.8 Å². The molecule has 1 heterocycles. The first-order valence-electron chi connectivity index (χ1n) is 7.87. The predicted octanol–water partition coefficient (Wildman–Crippen LogP) is 1.80. The summed E-state index contributed by atoms with van der Waals surface area (Å²) in [5.41, 5.74) is 3.99. The summed E-state index contributed by atoms with van der Waals surface area (Å²) in [6.45, 7) is 2.72. The molecule has 1 aromatic rings. The molecule has 2 amide bonds. The second kappa shape index (κ2) is 5.88. The second-order valence-corrected chi connectivity index (χ2v) is 6.00. The summed E-state index contributed by atoms with van der Waals surface area (Å²) < 4.78 is 0. The van der Waals surface area contributed by atoms with E-state index in [2.05, 4.69) is 23.5 Å². The summed E-state index contributed by atoms with van der Waals surface area (Å²) in [6.07, 6.45) is 5.14. The molecular weight excluding hydrogens is 264 g/mol. The average Bonchev–Trinajstić information content (AvgIpc) is 2.94. The van der Waals surface area contributed by atoms with E-state index in [-0.39, 0.29) is 24.4 Å². The molecule has 0 bridgehead atoms. The van der Waals surface area contributed by atoms with Crippen LogP contribution in [0.2, 0.25) is 0 Å². The molecule has 4 heteroatoms. The predicted molar refractivity (Wildman–Crippen MR) is 80.7 cm³/mol. The maximum Gasteiger partial charge on any atom is 0.243 e. The summed E-state index contributed by atoms with van der Waals surface area (Å²) in [4.78, 5) is 25.9. The first-order chi connectivity index (χ1) is 10.2. The Morgan fingerprint density at radius 3 is 2.86 bits per heavy atom. The fourth-order valence-electron chi connectivity index (χ4n) is 3.38. The van der Waals surface area contributed by atoms with Gasteiger partial charge in [0.2, 0.25) is 11.8 Å². The van der Waals surface area contributed by atoms with Crippen molar-refractivity contribution in [3.05, 3.63) is 34.9 Å². The van der Waals surface area contributed by atoms with Crippen LogP contribution < -0.4 is 5.32 Å². The average molecular weight is 286 g/mol. The topological polar surface area (TPSA) is 49.4 Å². The Morgan fingerprint density at radius 2 is 2.05 bits per heavy atom. The Hall–Kier alpha value is -1.84. The lowest BCUT2D eigenvalue weighted by Crippen LogP contribution is -2.57. The van der Waals surface area contributed by atoms with Crippen molar-refractivity contribution in [2.45, 2.75) is 51.6 Å². The van der Waals surface area contributed by atoms with E-state index < -0.39 is 0 Å². The molecule has 0 radical (unpaired) electrons. The molecule has 4 nitrogen and oxygen atoms in total. The molecule has 1 aliphatic heterocycles. The van der Waals surface area contributed by atoms with Crippen LogP contribution in [0.1, 0.15) is 42.9 Å². The van der Waals surface area contributed by atoms with Crippen molar-refractivity contribution in [2.75, 3.05) is 6.54 Å². The monoisotopic (exact) mass is 286 g/mol. The minimum atomic E-state index is -0.315. The highest BCUT2D eigenvalue weighted by molar-refractivity contribution is 5.94. The van der Waals surface area contributed by atoms with Crippen LogP contribution in [0.3, 0.4) is 0 Å². The Bertz CT molecular complexity index is 568. The van der Waals surface area contributed by atoms with Gasteiger partial charge in [-0.25, -0.2) is 0 Å². The van der Waals surface area contributed by atoms with E-state index >= 15 is 0 Å². The number of piperazine rings is 1. The molecule has 1 fully saturated rings. The van der Waals surface area contributed by atoms with E-state index in [9.17, 15) is 9.59 Å². The molecule has 0 aromatic heterocycles. The number of carbonyl (C=O) groups is 2. The molecule has 1 unspecified atom stereocenters. The van der Waals surface area contributed by atoms with Crippen LogP contribution >= 0.6 is 0 Å². The minimum Gasteiger partial charge on any atom is -0.345 e. The van der Waals surface area contributed by atoms with Gasteiger partial charge < -0.3 is 10.2 Å². The molecule has 1 aliphatic carbocycles. The van der Waals surface area contributed by atoms with Gasteiger partial charge in [-0.2, -0.15) is 0 Å². The number of carbonyl (C=O) groups excluding carboxylic acids is 2. The third kappa shape index (κ3) is 2.80. The van der Waals surface area contributed by atoms with Crippen LogP contribution in [0.4, 0.5) is 0 Å². The molecular formula is C17H22N2O2. The van der Waals surface area contributed by atoms with E-state index in [1.165, 1.54) is 24.0 Å². The van der Waals surface area contributed by atoms with Gasteiger partial charge in [0.1, 0.15) is 6.04 Å². The number of benzene rings is 1. The van der Waals surface area contributed by atoms with Crippen LogP contribution in [-0.2, 0) is 29.0 Å². The van der Waals surface area contributed by atoms with Gasteiger partial charge in [0.25, 0.3) is 0 Å². The van der Waals surface area contributed by atoms with Crippen molar-refractivity contribution in [2.24, 2.45) is 0 Å². The van der Waals surface area contributed by atoms with Gasteiger partial charge in [0, 0.05) is 6.54 Å². The molecule has 0 saturated carbocycles. The fraction of sp³-hybridized carbons (Fsp3) is 0.529. The zero-order chi connectivity index (χ0) is 14.8. The summed E-state index contributed by atoms with van der Waals surface area (Å²) in [5, 5.41) is 2.69. The van der Waals surface area contributed by atoms with Gasteiger partial charge in [-0.15, -0.1) is 0 Å². The van der Waals surface area contributed by atoms with Crippen LogP contribution in [0.25, 0.3) is 0 Å². The molecule has 1 aromatic carbocycles. The van der Waals surface area contributed by atoms with Gasteiger partial charge in [0.15, 0.2) is 0 Å². The van der Waals surface area contributed by atoms with E-state index in [0.29, 0.717) is 6.54 Å². The van der Waals surface area contributed by atoms with E-state index in [4.69, 9.17) is 0 Å². The SMILES string of the molecule is CCCC1C(=O)NCC(=O)N1Cc1ccc2c(c1)CCC2. The number of nitrogens with one attached hydrogen (secondary N) is 1. The lowest BCUT2D eigenvalue weighted by atomic mass is 10.0. The Labute approximate surface area is 125 Å². The lowest BCUT2D eigenvalue weighted by molar-refractivity contribution is -0.146. The zero-order valence-corrected chi connectivity index (χ0v) is 12.5. The van der Waals surface area contributed by atoms with Crippen LogP contribution in [-0.4, -0.2) is 29.3 Å². The third-order valence-electron chi connectivity index (χ3n) is 4.49. The van der Waals surface area contributed by atoms with Gasteiger partial charge in [-0.3, -0.25) is 9.59 Å². The summed E-state index contributed by atoms with van der Waals surface area (Å²) in [7, 11) is 0. The van der Waals surface area contributed by atoms with Gasteiger partial charge in [0.05, 0.1) is 6.54 Å². The van der Waals surface area contributed by atoms with Gasteiger partial charge >= 0.3 is 0 Å². The quantitative estimate of drug-likeness (QED) is 0.917. The first-order valence-corrected chi connectivity index (χ1v) is 7.87. The summed E-state index contributed by atoms with van der Waals surface area (Å²) in [6, 6.07) is 6.18. The molecule has 0 spiro atoms. The molecule has 1 N–H and O–H groups in total. The van der Waals surface area contributed by atoms with Gasteiger partial charge in [-0.1, -0.05) is 31.5 Å². The van der Waals surface area contributed by atoms with Crippen LogP contribution in [0.5, 0.6) is 0 Å². The maximum atomic E-state index is 12.2. The Balaban J connectivity index is 1.80. The highest BCUT2D eigenvalue weighted by Crippen LogP contribution is 2.24. The number of nitrogens with zero attached hydrogens (tertiary/aromatic N) is 1. The highest BCUT2D eigenvalue weighted by atomic mass is 16.2. The lowest BCUT2D eigenvalue weighted by Gasteiger charge is -2.35. The van der Waals surface area contributed by atoms with Crippen molar-refractivity contribution in [1.82, 2.24) is 10.2 Å². The molecule has 2 aliphatic rings. The fourth-order valence-corrected chi connectivity index (χ4v) is 3.38. The standard InChI is InChI=1S/C17H22N2O2/c1-2-4-15-17(21)18-10-16(20)19(15)11-12-7-8-13-5-3-6-14(13)9-12/h7-9,15H,2-6,10-11H2,1H3,(H,18,21). The molecule has 3 rings (SSSR count). The van der Waals surface area contributed by atoms with E-state index in [1.54, 1.807) is 4.90 Å². The Kier molecular flexibility index (Phi) is 3.95. The normalized spacial score (nSPS) is 21.4. The minimum absolute atomic E-state index is 0.0161. The number of hydrogen-bond acceptors (Lipinski definition) is 2. The number of rotatable bonds is 4. The zero-order valence-electron chi connectivity index (χ0n) is 12.5. The van der Waals surface area contributed by atoms with Crippen LogP contribution in [0.15, 0.2) is 18.2 Å². The number of fused-ring (bicyclic) bond motifs is 1. The van der Waals surface area contributed by atoms with Crippen molar-refractivity contribution in [3.63, 3.8) is 0 Å². The van der Waals surface area contributed by atoms with Crippen LogP contribution in [0, 0.1) is 0 Å². The van der Waals surface area contributed by atoms with E-state index in [1.807, 2.05) is 6.92 Å². The van der Waals surface area contributed by atoms with Crippen molar-refractivity contribution in [1.29, 1.82) is 0 Å². The highest BCUT2D eigenvalue weighted by Gasteiger charge is 2.33. The number of hydrogen-bond donors (Lipinski definition) is 1. The largest absolute Gasteiger partial charge is 0.345 e. The number of aryl methyl sites for hydroxylation is 2. The maximum absolute atomic E-state index is 12.2.